The summed E-state index contributed by atoms with van der Waals surface area (Å²) < 4.78 is 0. The Labute approximate surface area is 181 Å². The molecule has 1 N–H and O–H groups in total. The zero-order chi connectivity index (χ0) is 20.9. The van der Waals surface area contributed by atoms with Crippen LogP contribution in [-0.2, 0) is 4.79 Å². The predicted molar refractivity (Wildman–Crippen MR) is 123 cm³/mol. The SMILES string of the molecule is CC(NC(=O)c1ccccc1SCC(=O)N1CCCC1)c1cccc2ccccc12. The fourth-order valence-corrected chi connectivity index (χ4v) is 4.91. The van der Waals surface area contributed by atoms with E-state index in [1.807, 2.05) is 54.3 Å². The molecule has 3 aromatic rings. The molecule has 30 heavy (non-hydrogen) atoms. The number of likely N-dealkylation sites (tertiary alicyclic amines) is 1. The maximum atomic E-state index is 13.1. The van der Waals surface area contributed by atoms with Crippen LogP contribution in [0.3, 0.4) is 0 Å². The molecule has 0 radical (unpaired) electrons. The number of thioether (sulfide) groups is 1. The van der Waals surface area contributed by atoms with Gasteiger partial charge < -0.3 is 10.2 Å². The van der Waals surface area contributed by atoms with Gasteiger partial charge in [-0.05, 0) is 48.2 Å². The number of nitrogens with one attached hydrogen (secondary N) is 1. The van der Waals surface area contributed by atoms with Crippen LogP contribution >= 0.6 is 11.8 Å². The van der Waals surface area contributed by atoms with Crippen LogP contribution in [0.1, 0.15) is 41.7 Å². The van der Waals surface area contributed by atoms with Crippen LogP contribution in [0.5, 0.6) is 0 Å². The predicted octanol–water partition coefficient (Wildman–Crippen LogP) is 5.05. The van der Waals surface area contributed by atoms with Crippen LogP contribution in [0.4, 0.5) is 0 Å². The van der Waals surface area contributed by atoms with Gasteiger partial charge in [0.1, 0.15) is 0 Å². The molecular weight excluding hydrogens is 392 g/mol. The van der Waals surface area contributed by atoms with Gasteiger partial charge in [-0.3, -0.25) is 9.59 Å². The van der Waals surface area contributed by atoms with Crippen LogP contribution in [-0.4, -0.2) is 35.6 Å². The molecule has 1 aliphatic rings. The van der Waals surface area contributed by atoms with E-state index in [-0.39, 0.29) is 17.9 Å². The number of hydrogen-bond donors (Lipinski definition) is 1. The molecule has 1 aliphatic heterocycles. The lowest BCUT2D eigenvalue weighted by Crippen LogP contribution is -2.29. The summed E-state index contributed by atoms with van der Waals surface area (Å²) in [7, 11) is 0. The van der Waals surface area contributed by atoms with Crippen molar-refractivity contribution in [3.63, 3.8) is 0 Å². The molecule has 5 heteroatoms. The zero-order valence-electron chi connectivity index (χ0n) is 17.1. The molecule has 154 valence electrons. The highest BCUT2D eigenvalue weighted by atomic mass is 32.2. The minimum Gasteiger partial charge on any atom is -0.345 e. The molecule has 1 saturated heterocycles. The summed E-state index contributed by atoms with van der Waals surface area (Å²) >= 11 is 1.44. The van der Waals surface area contributed by atoms with Crippen LogP contribution in [0.15, 0.2) is 71.6 Å². The highest BCUT2D eigenvalue weighted by molar-refractivity contribution is 8.00. The molecule has 0 bridgehead atoms. The van der Waals surface area contributed by atoms with Crippen molar-refractivity contribution >= 4 is 34.3 Å². The largest absolute Gasteiger partial charge is 0.345 e. The van der Waals surface area contributed by atoms with Crippen LogP contribution in [0, 0.1) is 0 Å². The topological polar surface area (TPSA) is 49.4 Å². The first-order valence-corrected chi connectivity index (χ1v) is 11.4. The third-order valence-corrected chi connectivity index (χ3v) is 6.64. The van der Waals surface area contributed by atoms with Crippen molar-refractivity contribution in [1.29, 1.82) is 0 Å². The van der Waals surface area contributed by atoms with Crippen molar-refractivity contribution in [3.8, 4) is 0 Å². The normalized spacial score (nSPS) is 14.6. The Morgan fingerprint density at radius 2 is 1.67 bits per heavy atom. The van der Waals surface area contributed by atoms with E-state index in [0.29, 0.717) is 11.3 Å². The number of benzene rings is 3. The summed E-state index contributed by atoms with van der Waals surface area (Å²) in [5, 5.41) is 5.44. The highest BCUT2D eigenvalue weighted by Crippen LogP contribution is 2.27. The van der Waals surface area contributed by atoms with Gasteiger partial charge in [0.25, 0.3) is 5.91 Å². The van der Waals surface area contributed by atoms with Crippen molar-refractivity contribution < 1.29 is 9.59 Å². The Morgan fingerprint density at radius 3 is 2.50 bits per heavy atom. The number of amides is 2. The molecule has 0 aromatic heterocycles. The molecule has 4 rings (SSSR count). The summed E-state index contributed by atoms with van der Waals surface area (Å²) in [6.07, 6.45) is 2.17. The van der Waals surface area contributed by atoms with Gasteiger partial charge in [0.15, 0.2) is 0 Å². The molecule has 0 saturated carbocycles. The number of rotatable bonds is 6. The average Bonchev–Trinajstić information content (AvgIpc) is 3.32. The fourth-order valence-electron chi connectivity index (χ4n) is 3.96. The third-order valence-electron chi connectivity index (χ3n) is 5.58. The summed E-state index contributed by atoms with van der Waals surface area (Å²) in [5.41, 5.74) is 1.71. The Kier molecular flexibility index (Phi) is 6.38. The van der Waals surface area contributed by atoms with Gasteiger partial charge in [0.05, 0.1) is 17.4 Å². The van der Waals surface area contributed by atoms with E-state index in [1.165, 1.54) is 11.8 Å². The molecule has 0 aliphatic carbocycles. The van der Waals surface area contributed by atoms with E-state index in [9.17, 15) is 9.59 Å². The maximum absolute atomic E-state index is 13.1. The second-order valence-electron chi connectivity index (χ2n) is 7.64. The summed E-state index contributed by atoms with van der Waals surface area (Å²) in [6.45, 7) is 3.71. The van der Waals surface area contributed by atoms with E-state index in [4.69, 9.17) is 0 Å². The van der Waals surface area contributed by atoms with E-state index in [1.54, 1.807) is 0 Å². The Hall–Kier alpha value is -2.79. The molecule has 1 heterocycles. The summed E-state index contributed by atoms with van der Waals surface area (Å²) in [4.78, 5) is 28.2. The fraction of sp³-hybridized carbons (Fsp3) is 0.280. The lowest BCUT2D eigenvalue weighted by atomic mass is 9.99. The highest BCUT2D eigenvalue weighted by Gasteiger charge is 2.20. The standard InChI is InChI=1S/C25H26N2O2S/c1-18(20-13-8-10-19-9-2-3-11-21(19)20)26-25(29)22-12-4-5-14-23(22)30-17-24(28)27-15-6-7-16-27/h2-5,8-14,18H,6-7,15-17H2,1H3,(H,26,29). The third kappa shape index (κ3) is 4.51. The van der Waals surface area contributed by atoms with Crippen molar-refractivity contribution in [2.45, 2.75) is 30.7 Å². The molecule has 1 atom stereocenters. The first-order valence-electron chi connectivity index (χ1n) is 10.4. The average molecular weight is 419 g/mol. The minimum atomic E-state index is -0.132. The second-order valence-corrected chi connectivity index (χ2v) is 8.65. The van der Waals surface area contributed by atoms with Crippen molar-refractivity contribution in [3.05, 3.63) is 77.9 Å². The molecule has 4 nitrogen and oxygen atoms in total. The second kappa shape index (κ2) is 9.35. The number of carbonyl (C=O) groups is 2. The number of fused-ring (bicyclic) bond motifs is 1. The molecule has 1 unspecified atom stereocenters. The van der Waals surface area contributed by atoms with Crippen LogP contribution < -0.4 is 5.32 Å². The van der Waals surface area contributed by atoms with Gasteiger partial charge >= 0.3 is 0 Å². The van der Waals surface area contributed by atoms with Gasteiger partial charge in [0, 0.05) is 18.0 Å². The number of nitrogens with zero attached hydrogens (tertiary/aromatic N) is 1. The Balaban J connectivity index is 1.47. The monoisotopic (exact) mass is 418 g/mol. The number of hydrogen-bond acceptors (Lipinski definition) is 3. The van der Waals surface area contributed by atoms with Crippen LogP contribution in [0.2, 0.25) is 0 Å². The molecule has 2 amide bonds. The first-order chi connectivity index (χ1) is 14.6. The quantitative estimate of drug-likeness (QED) is 0.570. The van der Waals surface area contributed by atoms with Gasteiger partial charge in [-0.15, -0.1) is 11.8 Å². The van der Waals surface area contributed by atoms with Crippen molar-refractivity contribution in [1.82, 2.24) is 10.2 Å². The summed E-state index contributed by atoms with van der Waals surface area (Å²) in [6, 6.07) is 21.7. The van der Waals surface area contributed by atoms with Gasteiger partial charge in [-0.25, -0.2) is 0 Å². The molecule has 0 spiro atoms. The van der Waals surface area contributed by atoms with Crippen molar-refractivity contribution in [2.24, 2.45) is 0 Å². The lowest BCUT2D eigenvalue weighted by molar-refractivity contribution is -0.127. The zero-order valence-corrected chi connectivity index (χ0v) is 18.0. The summed E-state index contributed by atoms with van der Waals surface area (Å²) in [5.74, 6) is 0.396. The first kappa shape index (κ1) is 20.5. The number of carbonyl (C=O) groups excluding carboxylic acids is 2. The lowest BCUT2D eigenvalue weighted by Gasteiger charge is -2.18. The van der Waals surface area contributed by atoms with Crippen molar-refractivity contribution in [2.75, 3.05) is 18.8 Å². The van der Waals surface area contributed by atoms with E-state index in [2.05, 4.69) is 29.6 Å². The molecular formula is C25H26N2O2S. The molecule has 1 fully saturated rings. The smallest absolute Gasteiger partial charge is 0.252 e. The van der Waals surface area contributed by atoms with E-state index in [0.717, 1.165) is 47.2 Å². The van der Waals surface area contributed by atoms with E-state index >= 15 is 0 Å². The van der Waals surface area contributed by atoms with Crippen LogP contribution in [0.25, 0.3) is 10.8 Å². The maximum Gasteiger partial charge on any atom is 0.252 e. The minimum absolute atomic E-state index is 0.118. The Bertz CT molecular complexity index is 1050. The van der Waals surface area contributed by atoms with Gasteiger partial charge in [0.2, 0.25) is 5.91 Å². The Morgan fingerprint density at radius 1 is 0.967 bits per heavy atom. The van der Waals surface area contributed by atoms with E-state index < -0.39 is 0 Å². The van der Waals surface area contributed by atoms with Gasteiger partial charge in [-0.1, -0.05) is 54.6 Å². The molecule has 3 aromatic carbocycles. The van der Waals surface area contributed by atoms with Gasteiger partial charge in [-0.2, -0.15) is 0 Å².